The highest BCUT2D eigenvalue weighted by molar-refractivity contribution is 5.83. The van der Waals surface area contributed by atoms with Crippen molar-refractivity contribution in [3.8, 4) is 0 Å². The van der Waals surface area contributed by atoms with Crippen LogP contribution in [0.5, 0.6) is 0 Å². The molecule has 6 heteroatoms. The van der Waals surface area contributed by atoms with Gasteiger partial charge in [0.05, 0.1) is 25.9 Å². The van der Waals surface area contributed by atoms with Gasteiger partial charge in [-0.3, -0.25) is 9.80 Å². The van der Waals surface area contributed by atoms with Gasteiger partial charge in [0.15, 0.2) is 0 Å². The zero-order chi connectivity index (χ0) is 18.5. The van der Waals surface area contributed by atoms with Crippen LogP contribution in [0, 0.1) is 0 Å². The Morgan fingerprint density at radius 2 is 2.15 bits per heavy atom. The van der Waals surface area contributed by atoms with Gasteiger partial charge in [0.1, 0.15) is 0 Å². The summed E-state index contributed by atoms with van der Waals surface area (Å²) in [5.74, 6) is 0. The van der Waals surface area contributed by atoms with Gasteiger partial charge >= 0.3 is 0 Å². The molecule has 2 atom stereocenters. The van der Waals surface area contributed by atoms with E-state index in [9.17, 15) is 0 Å². The maximum Gasteiger partial charge on any atom is 0.0644 e. The lowest BCUT2D eigenvalue weighted by Gasteiger charge is -2.38. The van der Waals surface area contributed by atoms with Crippen molar-refractivity contribution in [3.05, 3.63) is 36.0 Å². The van der Waals surface area contributed by atoms with E-state index in [1.165, 1.54) is 16.5 Å². The quantitative estimate of drug-likeness (QED) is 0.768. The summed E-state index contributed by atoms with van der Waals surface area (Å²) < 4.78 is 11.0. The zero-order valence-corrected chi connectivity index (χ0v) is 16.3. The molecular weight excluding hydrogens is 340 g/mol. The van der Waals surface area contributed by atoms with E-state index >= 15 is 0 Å². The van der Waals surface area contributed by atoms with Gasteiger partial charge in [-0.1, -0.05) is 18.2 Å². The molecule has 0 bridgehead atoms. The molecule has 27 heavy (non-hydrogen) atoms. The van der Waals surface area contributed by atoms with Crippen LogP contribution in [0.1, 0.15) is 5.56 Å². The molecule has 1 aromatic heterocycles. The first-order valence-corrected chi connectivity index (χ1v) is 10.1. The Hall–Kier alpha value is -1.44. The van der Waals surface area contributed by atoms with Crippen LogP contribution in [0.15, 0.2) is 30.5 Å². The predicted octanol–water partition coefficient (Wildman–Crippen LogP) is 1.33. The van der Waals surface area contributed by atoms with Crippen LogP contribution in [-0.2, 0) is 15.9 Å². The Labute approximate surface area is 161 Å². The molecule has 2 fully saturated rings. The van der Waals surface area contributed by atoms with Crippen molar-refractivity contribution in [2.24, 2.45) is 0 Å². The second kappa shape index (κ2) is 9.17. The van der Waals surface area contributed by atoms with Crippen molar-refractivity contribution in [2.75, 3.05) is 66.2 Å². The van der Waals surface area contributed by atoms with E-state index in [2.05, 4.69) is 50.6 Å². The summed E-state index contributed by atoms with van der Waals surface area (Å²) in [6.07, 6.45) is 3.25. The van der Waals surface area contributed by atoms with E-state index in [0.29, 0.717) is 12.1 Å². The number of hydrogen-bond acceptors (Lipinski definition) is 5. The Morgan fingerprint density at radius 1 is 1.22 bits per heavy atom. The molecule has 2 aliphatic heterocycles. The first-order chi connectivity index (χ1) is 13.3. The summed E-state index contributed by atoms with van der Waals surface area (Å²) in [6, 6.07) is 9.49. The molecule has 0 amide bonds. The molecule has 2 saturated heterocycles. The number of hydrogen-bond donors (Lipinski definition) is 2. The van der Waals surface area contributed by atoms with Crippen molar-refractivity contribution < 1.29 is 9.47 Å². The fourth-order valence-corrected chi connectivity index (χ4v) is 4.40. The van der Waals surface area contributed by atoms with Crippen molar-refractivity contribution in [1.82, 2.24) is 20.1 Å². The third-order valence-electron chi connectivity index (χ3n) is 5.89. The molecular formula is C21H32N4O2. The number of fused-ring (bicyclic) bond motifs is 1. The van der Waals surface area contributed by atoms with Gasteiger partial charge in [-0.15, -0.1) is 0 Å². The van der Waals surface area contributed by atoms with Gasteiger partial charge in [-0.05, 0) is 18.1 Å². The average molecular weight is 373 g/mol. The van der Waals surface area contributed by atoms with Gasteiger partial charge < -0.3 is 19.8 Å². The number of nitrogens with zero attached hydrogens (tertiary/aromatic N) is 2. The van der Waals surface area contributed by atoms with E-state index in [1.54, 1.807) is 7.11 Å². The lowest BCUT2D eigenvalue weighted by Crippen LogP contribution is -2.55. The van der Waals surface area contributed by atoms with Gasteiger partial charge in [-0.25, -0.2) is 0 Å². The van der Waals surface area contributed by atoms with Gasteiger partial charge in [-0.2, -0.15) is 0 Å². The Balaban J connectivity index is 1.30. The third-order valence-corrected chi connectivity index (χ3v) is 5.89. The molecule has 0 radical (unpaired) electrons. The molecule has 2 N–H and O–H groups in total. The maximum absolute atomic E-state index is 5.62. The summed E-state index contributed by atoms with van der Waals surface area (Å²) in [6.45, 7) is 8.91. The van der Waals surface area contributed by atoms with Crippen molar-refractivity contribution >= 4 is 10.9 Å². The van der Waals surface area contributed by atoms with E-state index in [-0.39, 0.29) is 0 Å². The third kappa shape index (κ3) is 4.70. The van der Waals surface area contributed by atoms with E-state index in [4.69, 9.17) is 9.47 Å². The second-order valence-electron chi connectivity index (χ2n) is 7.74. The summed E-state index contributed by atoms with van der Waals surface area (Å²) in [5, 5.41) is 5.06. The van der Waals surface area contributed by atoms with Crippen LogP contribution in [0.3, 0.4) is 0 Å². The van der Waals surface area contributed by atoms with Crippen LogP contribution in [-0.4, -0.2) is 93.1 Å². The highest BCUT2D eigenvalue weighted by Gasteiger charge is 2.25. The summed E-state index contributed by atoms with van der Waals surface area (Å²) in [5.41, 5.74) is 2.65. The number of ether oxygens (including phenoxy) is 2. The highest BCUT2D eigenvalue weighted by Crippen LogP contribution is 2.20. The SMILES string of the molecule is COC[C@H]1COCCN1CCN1CCNC(Cc2c[nH]c3ccccc23)C1. The van der Waals surface area contributed by atoms with Crippen LogP contribution in [0.4, 0.5) is 0 Å². The molecule has 2 aliphatic rings. The standard InChI is InChI=1S/C21H32N4O2/c1-26-15-19-16-27-11-10-25(19)9-8-24-7-6-22-18(14-24)12-17-13-23-21-5-3-2-4-20(17)21/h2-5,13,18-19,22-23H,6-12,14-16H2,1H3/t18?,19-/m0/s1. The lowest BCUT2D eigenvalue weighted by atomic mass is 10.0. The lowest BCUT2D eigenvalue weighted by molar-refractivity contribution is -0.0382. The number of rotatable bonds is 7. The summed E-state index contributed by atoms with van der Waals surface area (Å²) >= 11 is 0. The minimum Gasteiger partial charge on any atom is -0.383 e. The minimum absolute atomic E-state index is 0.397. The second-order valence-corrected chi connectivity index (χ2v) is 7.74. The van der Waals surface area contributed by atoms with E-state index < -0.39 is 0 Å². The number of aromatic amines is 1. The predicted molar refractivity (Wildman–Crippen MR) is 108 cm³/mol. The molecule has 4 rings (SSSR count). The van der Waals surface area contributed by atoms with Crippen LogP contribution < -0.4 is 5.32 Å². The fourth-order valence-electron chi connectivity index (χ4n) is 4.40. The molecule has 1 unspecified atom stereocenters. The van der Waals surface area contributed by atoms with Crippen molar-refractivity contribution in [3.63, 3.8) is 0 Å². The summed E-state index contributed by atoms with van der Waals surface area (Å²) in [4.78, 5) is 8.54. The largest absolute Gasteiger partial charge is 0.383 e. The van der Waals surface area contributed by atoms with Gasteiger partial charge in [0, 0.05) is 69.5 Å². The number of nitrogens with one attached hydrogen (secondary N) is 2. The Bertz CT molecular complexity index is 717. The monoisotopic (exact) mass is 372 g/mol. The smallest absolute Gasteiger partial charge is 0.0644 e. The van der Waals surface area contributed by atoms with E-state index in [1.807, 2.05) is 0 Å². The number of morpholine rings is 1. The van der Waals surface area contributed by atoms with Crippen LogP contribution in [0.25, 0.3) is 10.9 Å². The Morgan fingerprint density at radius 3 is 3.07 bits per heavy atom. The fraction of sp³-hybridized carbons (Fsp3) is 0.619. The maximum atomic E-state index is 5.62. The van der Waals surface area contributed by atoms with Gasteiger partial charge in [0.2, 0.25) is 0 Å². The molecule has 2 aromatic rings. The number of piperazine rings is 1. The molecule has 148 valence electrons. The molecule has 3 heterocycles. The molecule has 1 aromatic carbocycles. The van der Waals surface area contributed by atoms with Gasteiger partial charge in [0.25, 0.3) is 0 Å². The normalized spacial score (nSPS) is 25.2. The molecule has 0 spiro atoms. The number of methoxy groups -OCH3 is 1. The van der Waals surface area contributed by atoms with Crippen LogP contribution >= 0.6 is 0 Å². The summed E-state index contributed by atoms with van der Waals surface area (Å²) in [7, 11) is 1.78. The number of H-pyrrole nitrogens is 1. The number of aromatic nitrogens is 1. The minimum atomic E-state index is 0.397. The van der Waals surface area contributed by atoms with Crippen molar-refractivity contribution in [1.29, 1.82) is 0 Å². The molecule has 0 saturated carbocycles. The highest BCUT2D eigenvalue weighted by atomic mass is 16.5. The molecule has 6 nitrogen and oxygen atoms in total. The topological polar surface area (TPSA) is 52.8 Å². The van der Waals surface area contributed by atoms with E-state index in [0.717, 1.165) is 65.5 Å². The molecule has 0 aliphatic carbocycles. The average Bonchev–Trinajstić information content (AvgIpc) is 3.11. The number of para-hydroxylation sites is 1. The Kier molecular flexibility index (Phi) is 6.42. The first kappa shape index (κ1) is 18.9. The number of benzene rings is 1. The first-order valence-electron chi connectivity index (χ1n) is 10.1. The van der Waals surface area contributed by atoms with Crippen LogP contribution in [0.2, 0.25) is 0 Å². The zero-order valence-electron chi connectivity index (χ0n) is 16.3. The van der Waals surface area contributed by atoms with Crippen molar-refractivity contribution in [2.45, 2.75) is 18.5 Å².